The summed E-state index contributed by atoms with van der Waals surface area (Å²) >= 11 is 0. The number of ether oxygens (including phenoxy) is 1. The van der Waals surface area contributed by atoms with Gasteiger partial charge in [-0.3, -0.25) is 5.43 Å². The van der Waals surface area contributed by atoms with Gasteiger partial charge < -0.3 is 4.74 Å². The van der Waals surface area contributed by atoms with Crippen LogP contribution in [0, 0.1) is 0 Å². The number of halogens is 1. The van der Waals surface area contributed by atoms with Crippen molar-refractivity contribution in [3.8, 4) is 0 Å². The number of allylic oxidation sites excluding steroid dienone is 1. The van der Waals surface area contributed by atoms with E-state index >= 15 is 0 Å². The van der Waals surface area contributed by atoms with E-state index in [0.717, 1.165) is 5.56 Å². The predicted molar refractivity (Wildman–Crippen MR) is 72.6 cm³/mol. The summed E-state index contributed by atoms with van der Waals surface area (Å²) in [6.07, 6.45) is 0.848. The highest BCUT2D eigenvalue weighted by Gasteiger charge is 2.23. The van der Waals surface area contributed by atoms with Gasteiger partial charge >= 0.3 is 6.09 Å². The first-order valence-electron chi connectivity index (χ1n) is 6.03. The molecule has 0 heterocycles. The molecule has 1 rings (SSSR count). The van der Waals surface area contributed by atoms with Crippen LogP contribution in [-0.2, 0) is 4.74 Å². The molecule has 0 saturated carbocycles. The number of nitrogens with one attached hydrogen (secondary N) is 1. The average Bonchev–Trinajstić information content (AvgIpc) is 2.40. The van der Waals surface area contributed by atoms with E-state index in [1.165, 1.54) is 0 Å². The fourth-order valence-corrected chi connectivity index (χ4v) is 1.68. The molecule has 0 unspecified atom stereocenters. The van der Waals surface area contributed by atoms with E-state index in [1.807, 2.05) is 35.8 Å². The van der Waals surface area contributed by atoms with Gasteiger partial charge in [-0.1, -0.05) is 30.3 Å². The second-order valence-corrected chi connectivity index (χ2v) is 4.79. The van der Waals surface area contributed by atoms with Gasteiger partial charge in [0.25, 0.3) is 0 Å². The maximum atomic E-state index is 12.9. The van der Waals surface area contributed by atoms with Crippen LogP contribution in [0.3, 0.4) is 0 Å². The molecule has 0 atom stereocenters. The van der Waals surface area contributed by atoms with Gasteiger partial charge in [0.05, 0.1) is 6.33 Å². The molecule has 0 saturated heterocycles. The van der Waals surface area contributed by atoms with E-state index < -0.39 is 11.7 Å². The van der Waals surface area contributed by atoms with Crippen LogP contribution in [0.25, 0.3) is 5.57 Å². The van der Waals surface area contributed by atoms with Crippen LogP contribution in [0.4, 0.5) is 9.18 Å². The zero-order valence-electron chi connectivity index (χ0n) is 11.2. The van der Waals surface area contributed by atoms with Crippen LogP contribution >= 0.6 is 0 Å². The van der Waals surface area contributed by atoms with E-state index in [-0.39, 0.29) is 0 Å². The van der Waals surface area contributed by atoms with Crippen molar-refractivity contribution < 1.29 is 13.9 Å². The van der Waals surface area contributed by atoms with Crippen molar-refractivity contribution in [1.82, 2.24) is 5.43 Å². The average molecular weight is 266 g/mol. The minimum absolute atomic E-state index is 0.464. The monoisotopic (exact) mass is 266 g/mol. The van der Waals surface area contributed by atoms with Gasteiger partial charge in [-0.15, -0.1) is 0 Å². The second-order valence-electron chi connectivity index (χ2n) is 4.79. The second kappa shape index (κ2) is 6.89. The molecule has 0 radical (unpaired) electrons. The Morgan fingerprint density at radius 1 is 1.42 bits per heavy atom. The Balaban J connectivity index is 2.62. The van der Waals surface area contributed by atoms with Crippen LogP contribution < -0.4 is 11.3 Å². The Kier molecular flexibility index (Phi) is 5.51. The minimum atomic E-state index is -0.716. The third kappa shape index (κ3) is 5.09. The van der Waals surface area contributed by atoms with Crippen molar-refractivity contribution in [1.29, 1.82) is 0 Å². The Morgan fingerprint density at radius 3 is 2.58 bits per heavy atom. The number of benzene rings is 1. The van der Waals surface area contributed by atoms with E-state index in [0.29, 0.717) is 24.7 Å². The number of hydrogen-bond donors (Lipinski definition) is 2. The lowest BCUT2D eigenvalue weighted by atomic mass is 9.95. The largest absolute Gasteiger partial charge is 0.443 e. The molecule has 0 aliphatic heterocycles. The van der Waals surface area contributed by atoms with Crippen molar-refractivity contribution in [2.24, 2.45) is 5.84 Å². The summed E-state index contributed by atoms with van der Waals surface area (Å²) in [6.45, 7) is 3.51. The predicted octanol–water partition coefficient (Wildman–Crippen LogP) is 3.16. The molecule has 5 heteroatoms. The lowest BCUT2D eigenvalue weighted by Crippen LogP contribution is -2.38. The fraction of sp³-hybridized carbons (Fsp3) is 0.357. The molecular formula is C14H19FN2O2. The normalized spacial score (nSPS) is 12.1. The van der Waals surface area contributed by atoms with Crippen molar-refractivity contribution in [2.45, 2.75) is 32.3 Å². The molecule has 19 heavy (non-hydrogen) atoms. The molecule has 1 aromatic carbocycles. The summed E-state index contributed by atoms with van der Waals surface area (Å²) in [5.74, 6) is 4.96. The number of rotatable bonds is 5. The van der Waals surface area contributed by atoms with Crippen LogP contribution in [0.1, 0.15) is 32.3 Å². The molecule has 1 amide bonds. The first kappa shape index (κ1) is 15.2. The number of amides is 1. The van der Waals surface area contributed by atoms with Gasteiger partial charge in [0.1, 0.15) is 5.60 Å². The Labute approximate surface area is 112 Å². The third-order valence-electron chi connectivity index (χ3n) is 2.76. The number of hydrogen-bond acceptors (Lipinski definition) is 3. The molecule has 0 aliphatic rings. The lowest BCUT2D eigenvalue weighted by molar-refractivity contribution is 0.0339. The third-order valence-corrected chi connectivity index (χ3v) is 2.76. The standard InChI is InChI=1S/C14H19FN2O2/c1-14(2,19-13(18)17-16)9-8-12(10-15)11-6-4-3-5-7-11/h3-7,10H,8-9,16H2,1-2H3,(H,17,18)/b12-10+. The highest BCUT2D eigenvalue weighted by Crippen LogP contribution is 2.26. The van der Waals surface area contributed by atoms with Gasteiger partial charge in [0, 0.05) is 0 Å². The number of nitrogens with two attached hydrogens (primary N) is 1. The minimum Gasteiger partial charge on any atom is -0.443 e. The molecule has 104 valence electrons. The SMILES string of the molecule is CC(C)(CC/C(=C\F)c1ccccc1)OC(=O)NN. The van der Waals surface area contributed by atoms with Crippen LogP contribution in [0.15, 0.2) is 36.7 Å². The maximum absolute atomic E-state index is 12.9. The highest BCUT2D eigenvalue weighted by molar-refractivity contribution is 5.67. The summed E-state index contributed by atoms with van der Waals surface area (Å²) in [4.78, 5) is 11.1. The van der Waals surface area contributed by atoms with Gasteiger partial charge in [-0.25, -0.2) is 15.0 Å². The molecular weight excluding hydrogens is 247 g/mol. The van der Waals surface area contributed by atoms with Crippen LogP contribution in [-0.4, -0.2) is 11.7 Å². The number of carbonyl (C=O) groups is 1. The maximum Gasteiger partial charge on any atom is 0.421 e. The van der Waals surface area contributed by atoms with Gasteiger partial charge in [-0.2, -0.15) is 0 Å². The summed E-state index contributed by atoms with van der Waals surface area (Å²) in [7, 11) is 0. The van der Waals surface area contributed by atoms with Crippen molar-refractivity contribution in [3.05, 3.63) is 42.2 Å². The molecule has 0 aromatic heterocycles. The van der Waals surface area contributed by atoms with Gasteiger partial charge in [-0.05, 0) is 37.8 Å². The smallest absolute Gasteiger partial charge is 0.421 e. The summed E-state index contributed by atoms with van der Waals surface area (Å²) in [6, 6.07) is 9.25. The molecule has 1 aromatic rings. The first-order valence-corrected chi connectivity index (χ1v) is 6.03. The first-order chi connectivity index (χ1) is 8.98. The van der Waals surface area contributed by atoms with Crippen LogP contribution in [0.2, 0.25) is 0 Å². The molecule has 0 spiro atoms. The molecule has 0 aliphatic carbocycles. The summed E-state index contributed by atoms with van der Waals surface area (Å²) < 4.78 is 18.0. The molecule has 4 nitrogen and oxygen atoms in total. The Morgan fingerprint density at radius 2 is 2.05 bits per heavy atom. The van der Waals surface area contributed by atoms with E-state index in [4.69, 9.17) is 10.6 Å². The topological polar surface area (TPSA) is 64.3 Å². The molecule has 0 fully saturated rings. The van der Waals surface area contributed by atoms with E-state index in [1.54, 1.807) is 13.8 Å². The van der Waals surface area contributed by atoms with Crippen molar-refractivity contribution >= 4 is 11.7 Å². The fourth-order valence-electron chi connectivity index (χ4n) is 1.68. The summed E-state index contributed by atoms with van der Waals surface area (Å²) in [5.41, 5.74) is 2.59. The molecule has 3 N–H and O–H groups in total. The Hall–Kier alpha value is -1.88. The van der Waals surface area contributed by atoms with E-state index in [9.17, 15) is 9.18 Å². The van der Waals surface area contributed by atoms with E-state index in [2.05, 4.69) is 0 Å². The lowest BCUT2D eigenvalue weighted by Gasteiger charge is -2.25. The molecule has 0 bridgehead atoms. The quantitative estimate of drug-likeness (QED) is 0.489. The number of hydrazine groups is 1. The number of carbonyl (C=O) groups excluding carboxylic acids is 1. The highest BCUT2D eigenvalue weighted by atomic mass is 19.1. The van der Waals surface area contributed by atoms with Crippen LogP contribution in [0.5, 0.6) is 0 Å². The zero-order chi connectivity index (χ0) is 14.3. The summed E-state index contributed by atoms with van der Waals surface area (Å²) in [5, 5.41) is 0. The van der Waals surface area contributed by atoms with Gasteiger partial charge in [0.2, 0.25) is 0 Å². The Bertz CT molecular complexity index is 444. The zero-order valence-corrected chi connectivity index (χ0v) is 11.2. The van der Waals surface area contributed by atoms with Crippen molar-refractivity contribution in [2.75, 3.05) is 0 Å². The van der Waals surface area contributed by atoms with Gasteiger partial charge in [0.15, 0.2) is 0 Å². The van der Waals surface area contributed by atoms with Crippen molar-refractivity contribution in [3.63, 3.8) is 0 Å².